The summed E-state index contributed by atoms with van der Waals surface area (Å²) in [5, 5.41) is 0. The molecule has 0 aromatic carbocycles. The summed E-state index contributed by atoms with van der Waals surface area (Å²) < 4.78 is 20.5. The minimum Gasteiger partial charge on any atom is -0.442 e. The van der Waals surface area contributed by atoms with E-state index in [-0.39, 0.29) is 0 Å². The van der Waals surface area contributed by atoms with Crippen LogP contribution in [0.3, 0.4) is 0 Å². The molecule has 5 heteroatoms. The molecule has 0 bridgehead atoms. The van der Waals surface area contributed by atoms with E-state index in [4.69, 9.17) is 4.74 Å². The van der Waals surface area contributed by atoms with Crippen molar-refractivity contribution >= 4 is 15.8 Å². The van der Waals surface area contributed by atoms with Gasteiger partial charge in [0.25, 0.3) is 0 Å². The first kappa shape index (κ1) is 11.5. The molecule has 1 heterocycles. The Bertz CT molecular complexity index is 322. The number of amides is 1. The molecule has 0 radical (unpaired) electrons. The Morgan fingerprint density at radius 2 is 1.79 bits per heavy atom. The Balaban J connectivity index is 2.68. The molecular formula is C9H17NO3S. The zero-order chi connectivity index (χ0) is 10.8. The largest absolute Gasteiger partial charge is 0.442 e. The number of carbonyl (C=O) groups excluding carboxylic acids is 1. The van der Waals surface area contributed by atoms with Gasteiger partial charge in [-0.25, -0.2) is 9.00 Å². The lowest BCUT2D eigenvalue weighted by Crippen LogP contribution is -2.22. The van der Waals surface area contributed by atoms with Gasteiger partial charge in [-0.3, -0.25) is 0 Å². The fraction of sp³-hybridized carbons (Fsp3) is 0.889. The van der Waals surface area contributed by atoms with E-state index in [9.17, 15) is 9.00 Å². The molecular weight excluding hydrogens is 202 g/mol. The molecule has 0 N–H and O–H groups in total. The highest BCUT2D eigenvalue weighted by molar-refractivity contribution is 7.94. The molecule has 1 saturated heterocycles. The average Bonchev–Trinajstić information content (AvgIpc) is 2.30. The number of rotatable bonds is 0. The Morgan fingerprint density at radius 1 is 1.29 bits per heavy atom. The predicted molar refractivity (Wildman–Crippen MR) is 55.8 cm³/mol. The van der Waals surface area contributed by atoms with Crippen molar-refractivity contribution < 1.29 is 13.7 Å². The van der Waals surface area contributed by atoms with Crippen LogP contribution in [-0.4, -0.2) is 27.4 Å². The lowest BCUT2D eigenvalue weighted by molar-refractivity contribution is 0.0607. The summed E-state index contributed by atoms with van der Waals surface area (Å²) in [4.78, 5) is 11.3. The van der Waals surface area contributed by atoms with Crippen molar-refractivity contribution in [3.63, 3.8) is 0 Å². The van der Waals surface area contributed by atoms with Gasteiger partial charge in [0.1, 0.15) is 5.60 Å². The molecule has 0 unspecified atom stereocenters. The molecule has 0 atom stereocenters. The first-order valence-corrected chi connectivity index (χ1v) is 6.62. The van der Waals surface area contributed by atoms with Crippen LogP contribution in [0.1, 0.15) is 33.6 Å². The number of hydrogen-bond donors (Lipinski definition) is 0. The Hall–Kier alpha value is -0.580. The molecule has 1 aliphatic heterocycles. The summed E-state index contributed by atoms with van der Waals surface area (Å²) in [6, 6.07) is 0. The molecule has 1 fully saturated rings. The zero-order valence-electron chi connectivity index (χ0n) is 8.91. The Morgan fingerprint density at radius 3 is 2.21 bits per heavy atom. The van der Waals surface area contributed by atoms with Crippen LogP contribution in [0.5, 0.6) is 0 Å². The van der Waals surface area contributed by atoms with Crippen molar-refractivity contribution in [3.05, 3.63) is 0 Å². The van der Waals surface area contributed by atoms with Crippen LogP contribution in [0, 0.1) is 0 Å². The maximum absolute atomic E-state index is 11.8. The van der Waals surface area contributed by atoms with E-state index in [1.165, 1.54) is 0 Å². The summed E-state index contributed by atoms with van der Waals surface area (Å²) in [5.74, 6) is 1.07. The highest BCUT2D eigenvalue weighted by Gasteiger charge is 2.21. The first-order chi connectivity index (χ1) is 6.31. The van der Waals surface area contributed by atoms with Crippen molar-refractivity contribution in [3.8, 4) is 0 Å². The molecule has 0 aromatic heterocycles. The minimum atomic E-state index is -2.27. The SMILES string of the molecule is CC(C)(C)OC(=O)N=S1(=O)CCCC1. The molecule has 82 valence electrons. The first-order valence-electron chi connectivity index (χ1n) is 4.76. The molecule has 0 aromatic rings. The van der Waals surface area contributed by atoms with E-state index < -0.39 is 21.4 Å². The van der Waals surface area contributed by atoms with Gasteiger partial charge >= 0.3 is 6.09 Å². The summed E-state index contributed by atoms with van der Waals surface area (Å²) in [6.07, 6.45) is 1.10. The van der Waals surface area contributed by atoms with Crippen molar-refractivity contribution in [2.24, 2.45) is 4.36 Å². The van der Waals surface area contributed by atoms with Crippen LogP contribution in [0.4, 0.5) is 4.79 Å². The molecule has 1 rings (SSSR count). The van der Waals surface area contributed by atoms with Gasteiger partial charge in [-0.05, 0) is 33.6 Å². The third-order valence-corrected chi connectivity index (χ3v) is 4.15. The second kappa shape index (κ2) is 3.88. The van der Waals surface area contributed by atoms with Crippen LogP contribution in [0.15, 0.2) is 4.36 Å². The number of nitrogens with zero attached hydrogens (tertiary/aromatic N) is 1. The van der Waals surface area contributed by atoms with Crippen LogP contribution in [0.25, 0.3) is 0 Å². The van der Waals surface area contributed by atoms with E-state index in [0.29, 0.717) is 11.5 Å². The molecule has 0 spiro atoms. The van der Waals surface area contributed by atoms with Gasteiger partial charge < -0.3 is 4.74 Å². The third kappa shape index (κ3) is 3.65. The molecule has 1 amide bonds. The highest BCUT2D eigenvalue weighted by atomic mass is 32.2. The van der Waals surface area contributed by atoms with Gasteiger partial charge in [-0.1, -0.05) is 0 Å². The fourth-order valence-electron chi connectivity index (χ4n) is 1.26. The quantitative estimate of drug-likeness (QED) is 0.627. The zero-order valence-corrected chi connectivity index (χ0v) is 9.73. The van der Waals surface area contributed by atoms with Gasteiger partial charge in [0.2, 0.25) is 0 Å². The van der Waals surface area contributed by atoms with Crippen molar-refractivity contribution in [2.45, 2.75) is 39.2 Å². The van der Waals surface area contributed by atoms with E-state index >= 15 is 0 Å². The Kier molecular flexibility index (Phi) is 3.19. The second-order valence-electron chi connectivity index (χ2n) is 4.46. The van der Waals surface area contributed by atoms with Gasteiger partial charge in [-0.2, -0.15) is 0 Å². The number of carbonyl (C=O) groups is 1. The predicted octanol–water partition coefficient (Wildman–Crippen LogP) is 2.18. The van der Waals surface area contributed by atoms with Crippen LogP contribution in [-0.2, 0) is 14.5 Å². The topological polar surface area (TPSA) is 55.7 Å². The standard InChI is InChI=1S/C9H17NO3S/c1-9(2,3)13-8(11)10-14(12)6-4-5-7-14/h4-7H2,1-3H3. The maximum Gasteiger partial charge on any atom is 0.442 e. The lowest BCUT2D eigenvalue weighted by Gasteiger charge is -2.17. The summed E-state index contributed by atoms with van der Waals surface area (Å²) in [7, 11) is -2.27. The molecule has 4 nitrogen and oxygen atoms in total. The van der Waals surface area contributed by atoms with E-state index in [0.717, 1.165) is 12.8 Å². The van der Waals surface area contributed by atoms with Crippen LogP contribution < -0.4 is 0 Å². The van der Waals surface area contributed by atoms with E-state index in [2.05, 4.69) is 4.36 Å². The number of ether oxygens (including phenoxy) is 1. The molecule has 1 aliphatic rings. The fourth-order valence-corrected chi connectivity index (χ4v) is 3.27. The molecule has 14 heavy (non-hydrogen) atoms. The maximum atomic E-state index is 11.8. The smallest absolute Gasteiger partial charge is 0.442 e. The summed E-state index contributed by atoms with van der Waals surface area (Å²) in [6.45, 7) is 5.30. The molecule has 0 saturated carbocycles. The number of hydrogen-bond acceptors (Lipinski definition) is 3. The van der Waals surface area contributed by atoms with Gasteiger partial charge in [0, 0.05) is 11.5 Å². The third-order valence-electron chi connectivity index (χ3n) is 1.81. The van der Waals surface area contributed by atoms with Crippen molar-refractivity contribution in [2.75, 3.05) is 11.5 Å². The summed E-state index contributed by atoms with van der Waals surface area (Å²) >= 11 is 0. The van der Waals surface area contributed by atoms with Crippen molar-refractivity contribution in [1.29, 1.82) is 0 Å². The van der Waals surface area contributed by atoms with Gasteiger partial charge in [-0.15, -0.1) is 4.36 Å². The van der Waals surface area contributed by atoms with E-state index in [1.807, 2.05) is 0 Å². The summed E-state index contributed by atoms with van der Waals surface area (Å²) in [5.41, 5.74) is -0.561. The van der Waals surface area contributed by atoms with E-state index in [1.54, 1.807) is 20.8 Å². The molecule has 0 aliphatic carbocycles. The second-order valence-corrected chi connectivity index (χ2v) is 7.00. The normalized spacial score (nSPS) is 20.5. The minimum absolute atomic E-state index is 0.534. The van der Waals surface area contributed by atoms with Gasteiger partial charge in [0.05, 0.1) is 9.73 Å². The van der Waals surface area contributed by atoms with Crippen LogP contribution in [0.2, 0.25) is 0 Å². The Labute approximate surface area is 85.2 Å². The van der Waals surface area contributed by atoms with Gasteiger partial charge in [0.15, 0.2) is 0 Å². The highest BCUT2D eigenvalue weighted by Crippen LogP contribution is 2.15. The van der Waals surface area contributed by atoms with Crippen LogP contribution >= 0.6 is 0 Å². The monoisotopic (exact) mass is 219 g/mol. The van der Waals surface area contributed by atoms with Crippen molar-refractivity contribution in [1.82, 2.24) is 0 Å². The lowest BCUT2D eigenvalue weighted by atomic mass is 10.2. The average molecular weight is 219 g/mol.